The van der Waals surface area contributed by atoms with Crippen molar-refractivity contribution >= 4 is 17.7 Å². The number of fused-ring (bicyclic) bond motifs is 3. The fourth-order valence-corrected chi connectivity index (χ4v) is 4.93. The first-order chi connectivity index (χ1) is 14.4. The van der Waals surface area contributed by atoms with Crippen LogP contribution in [0.25, 0.3) is 11.3 Å². The van der Waals surface area contributed by atoms with Crippen LogP contribution in [-0.4, -0.2) is 27.7 Å². The van der Waals surface area contributed by atoms with Gasteiger partial charge >= 0.3 is 6.18 Å². The zero-order chi connectivity index (χ0) is 21.1. The predicted octanol–water partition coefficient (Wildman–Crippen LogP) is 5.19. The molecule has 4 nitrogen and oxygen atoms in total. The predicted molar refractivity (Wildman–Crippen MR) is 110 cm³/mol. The molecule has 2 aromatic rings. The van der Waals surface area contributed by atoms with E-state index in [2.05, 4.69) is 15.3 Å². The van der Waals surface area contributed by atoms with E-state index >= 15 is 0 Å². The van der Waals surface area contributed by atoms with Crippen molar-refractivity contribution in [2.24, 2.45) is 0 Å². The smallest absolute Gasteiger partial charge is 0.353 e. The van der Waals surface area contributed by atoms with Gasteiger partial charge in [-0.15, -0.1) is 0 Å². The number of alkyl halides is 3. The van der Waals surface area contributed by atoms with Crippen molar-refractivity contribution < 1.29 is 18.0 Å². The Labute approximate surface area is 178 Å². The van der Waals surface area contributed by atoms with Gasteiger partial charge in [0, 0.05) is 17.2 Å². The Hall–Kier alpha value is -2.09. The van der Waals surface area contributed by atoms with Gasteiger partial charge in [0.25, 0.3) is 0 Å². The van der Waals surface area contributed by atoms with Crippen LogP contribution >= 0.6 is 11.8 Å². The average molecular weight is 436 g/mol. The first kappa shape index (κ1) is 21.2. The molecule has 1 fully saturated rings. The Morgan fingerprint density at radius 3 is 2.53 bits per heavy atom. The van der Waals surface area contributed by atoms with Gasteiger partial charge in [-0.25, -0.2) is 9.97 Å². The fraction of sp³-hybridized carbons (Fsp3) is 0.500. The number of aromatic nitrogens is 2. The number of nitrogens with one attached hydrogen (secondary N) is 1. The van der Waals surface area contributed by atoms with Crippen LogP contribution < -0.4 is 5.32 Å². The maximum absolute atomic E-state index is 13.7. The van der Waals surface area contributed by atoms with Crippen LogP contribution in [0.4, 0.5) is 13.2 Å². The zero-order valence-electron chi connectivity index (χ0n) is 16.6. The number of hydrogen-bond donors (Lipinski definition) is 1. The Morgan fingerprint density at radius 2 is 1.80 bits per heavy atom. The number of amides is 1. The standard InChI is InChI=1S/C22H24F3N3OS/c23-22(24,25)20-17-12-11-14-7-5-6-10-16(14)19(17)27-21(28-20)30-13-18(29)26-15-8-3-1-2-4-9-15/h5-7,10,15H,1-4,8-9,11-13H2,(H,26,29). The summed E-state index contributed by atoms with van der Waals surface area (Å²) < 4.78 is 41.1. The molecule has 1 aromatic heterocycles. The third-order valence-corrected chi connectivity index (χ3v) is 6.57. The first-order valence-corrected chi connectivity index (χ1v) is 11.4. The number of carbonyl (C=O) groups excluding carboxylic acids is 1. The maximum Gasteiger partial charge on any atom is 0.433 e. The van der Waals surface area contributed by atoms with Crippen molar-refractivity contribution in [1.82, 2.24) is 15.3 Å². The molecule has 0 unspecified atom stereocenters. The lowest BCUT2D eigenvalue weighted by Gasteiger charge is -2.22. The Kier molecular flexibility index (Phi) is 6.32. The van der Waals surface area contributed by atoms with E-state index < -0.39 is 11.9 Å². The van der Waals surface area contributed by atoms with Gasteiger partial charge in [0.05, 0.1) is 11.4 Å². The van der Waals surface area contributed by atoms with E-state index in [1.807, 2.05) is 12.1 Å². The van der Waals surface area contributed by atoms with Gasteiger partial charge in [-0.1, -0.05) is 61.7 Å². The quantitative estimate of drug-likeness (QED) is 0.408. The topological polar surface area (TPSA) is 54.9 Å². The minimum atomic E-state index is -4.56. The highest BCUT2D eigenvalue weighted by molar-refractivity contribution is 7.99. The molecule has 0 bridgehead atoms. The Balaban J connectivity index is 1.55. The van der Waals surface area contributed by atoms with E-state index in [9.17, 15) is 18.0 Å². The molecule has 0 atom stereocenters. The van der Waals surface area contributed by atoms with Crippen LogP contribution in [-0.2, 0) is 23.8 Å². The van der Waals surface area contributed by atoms with Crippen LogP contribution in [0.5, 0.6) is 0 Å². The van der Waals surface area contributed by atoms with Crippen molar-refractivity contribution in [3.63, 3.8) is 0 Å². The second-order valence-corrected chi connectivity index (χ2v) is 8.82. The second kappa shape index (κ2) is 8.96. The summed E-state index contributed by atoms with van der Waals surface area (Å²) in [5.74, 6) is -0.170. The van der Waals surface area contributed by atoms with Gasteiger partial charge in [-0.3, -0.25) is 4.79 Å². The van der Waals surface area contributed by atoms with Crippen molar-refractivity contribution in [1.29, 1.82) is 0 Å². The highest BCUT2D eigenvalue weighted by Gasteiger charge is 2.38. The molecule has 0 radical (unpaired) electrons. The minimum absolute atomic E-state index is 0.00575. The van der Waals surface area contributed by atoms with E-state index in [0.29, 0.717) is 12.1 Å². The molecule has 160 valence electrons. The molecular weight excluding hydrogens is 411 g/mol. The van der Waals surface area contributed by atoms with E-state index in [-0.39, 0.29) is 34.8 Å². The van der Waals surface area contributed by atoms with Crippen LogP contribution in [0.1, 0.15) is 55.3 Å². The second-order valence-electron chi connectivity index (χ2n) is 7.88. The fourth-order valence-electron chi connectivity index (χ4n) is 4.27. The largest absolute Gasteiger partial charge is 0.433 e. The summed E-state index contributed by atoms with van der Waals surface area (Å²) in [5, 5.41) is 3.01. The molecule has 1 saturated carbocycles. The number of halogens is 3. The summed E-state index contributed by atoms with van der Waals surface area (Å²) in [6, 6.07) is 7.55. The molecule has 2 aliphatic rings. The third-order valence-electron chi connectivity index (χ3n) is 5.72. The average Bonchev–Trinajstić information content (AvgIpc) is 2.99. The number of rotatable bonds is 4. The molecule has 30 heavy (non-hydrogen) atoms. The molecule has 2 aliphatic carbocycles. The van der Waals surface area contributed by atoms with Crippen LogP contribution in [0.2, 0.25) is 0 Å². The van der Waals surface area contributed by atoms with Crippen molar-refractivity contribution in [2.45, 2.75) is 68.7 Å². The lowest BCUT2D eigenvalue weighted by molar-refractivity contribution is -0.142. The molecule has 1 amide bonds. The highest BCUT2D eigenvalue weighted by atomic mass is 32.2. The van der Waals surface area contributed by atoms with Gasteiger partial charge in [0.1, 0.15) is 0 Å². The lowest BCUT2D eigenvalue weighted by atomic mass is 9.88. The summed E-state index contributed by atoms with van der Waals surface area (Å²) in [5.41, 5.74) is 1.31. The summed E-state index contributed by atoms with van der Waals surface area (Å²) in [6.45, 7) is 0. The summed E-state index contributed by atoms with van der Waals surface area (Å²) in [6.07, 6.45) is 2.72. The third kappa shape index (κ3) is 4.79. The van der Waals surface area contributed by atoms with Gasteiger partial charge in [-0.05, 0) is 31.2 Å². The van der Waals surface area contributed by atoms with Gasteiger partial charge in [-0.2, -0.15) is 13.2 Å². The molecule has 0 spiro atoms. The lowest BCUT2D eigenvalue weighted by Crippen LogP contribution is -2.35. The number of thioether (sulfide) groups is 1. The van der Waals surface area contributed by atoms with Crippen molar-refractivity contribution in [3.05, 3.63) is 41.1 Å². The van der Waals surface area contributed by atoms with Crippen LogP contribution in [0.15, 0.2) is 29.4 Å². The molecule has 8 heteroatoms. The molecular formula is C22H24F3N3OS. The minimum Gasteiger partial charge on any atom is -0.353 e. The number of aryl methyl sites for hydroxylation is 1. The molecule has 0 aliphatic heterocycles. The SMILES string of the molecule is O=C(CSc1nc2c(c(C(F)(F)F)n1)CCc1ccccc1-2)NC1CCCCCC1. The molecule has 1 N–H and O–H groups in total. The molecule has 4 rings (SSSR count). The van der Waals surface area contributed by atoms with Gasteiger partial charge < -0.3 is 5.32 Å². The highest BCUT2D eigenvalue weighted by Crippen LogP contribution is 2.40. The summed E-state index contributed by atoms with van der Waals surface area (Å²) in [7, 11) is 0. The van der Waals surface area contributed by atoms with E-state index in [1.54, 1.807) is 12.1 Å². The van der Waals surface area contributed by atoms with Crippen LogP contribution in [0, 0.1) is 0 Å². The number of carbonyl (C=O) groups is 1. The maximum atomic E-state index is 13.7. The zero-order valence-corrected chi connectivity index (χ0v) is 17.4. The first-order valence-electron chi connectivity index (χ1n) is 10.4. The Bertz CT molecular complexity index is 924. The van der Waals surface area contributed by atoms with Crippen molar-refractivity contribution in [2.75, 3.05) is 5.75 Å². The molecule has 1 aromatic carbocycles. The number of hydrogen-bond acceptors (Lipinski definition) is 4. The van der Waals surface area contributed by atoms with Crippen molar-refractivity contribution in [3.8, 4) is 11.3 Å². The van der Waals surface area contributed by atoms with E-state index in [0.717, 1.165) is 48.6 Å². The Morgan fingerprint density at radius 1 is 1.07 bits per heavy atom. The molecule has 1 heterocycles. The monoisotopic (exact) mass is 435 g/mol. The normalized spacial score (nSPS) is 17.0. The van der Waals surface area contributed by atoms with Gasteiger partial charge in [0.15, 0.2) is 10.9 Å². The van der Waals surface area contributed by atoms with E-state index in [4.69, 9.17) is 0 Å². The molecule has 0 saturated heterocycles. The summed E-state index contributed by atoms with van der Waals surface area (Å²) in [4.78, 5) is 20.6. The van der Waals surface area contributed by atoms with E-state index in [1.165, 1.54) is 12.8 Å². The summed E-state index contributed by atoms with van der Waals surface area (Å²) >= 11 is 0.966. The van der Waals surface area contributed by atoms with Crippen LogP contribution in [0.3, 0.4) is 0 Å². The number of nitrogens with zero attached hydrogens (tertiary/aromatic N) is 2. The number of benzene rings is 1. The van der Waals surface area contributed by atoms with Gasteiger partial charge in [0.2, 0.25) is 5.91 Å².